The summed E-state index contributed by atoms with van der Waals surface area (Å²) in [5, 5.41) is 0. The Labute approximate surface area is 100 Å². The Morgan fingerprint density at radius 2 is 1.67 bits per heavy atom. The topological polar surface area (TPSA) is 0 Å². The van der Waals surface area contributed by atoms with Crippen LogP contribution >= 0.6 is 15.9 Å². The van der Waals surface area contributed by atoms with Gasteiger partial charge >= 0.3 is 0 Å². The molecule has 2 aliphatic rings. The van der Waals surface area contributed by atoms with Gasteiger partial charge in [0.05, 0.1) is 0 Å². The molecule has 2 fully saturated rings. The third-order valence-electron chi connectivity index (χ3n) is 4.49. The Bertz CT molecular complexity index is 365. The second-order valence-electron chi connectivity index (χ2n) is 5.77. The minimum atomic E-state index is 0.473. The first-order valence-electron chi connectivity index (χ1n) is 5.88. The molecule has 80 valence electrons. The smallest absolute Gasteiger partial charge is 0.0175 e. The highest BCUT2D eigenvalue weighted by Gasteiger charge is 2.54. The van der Waals surface area contributed by atoms with Gasteiger partial charge in [-0.2, -0.15) is 0 Å². The van der Waals surface area contributed by atoms with E-state index in [0.717, 1.165) is 5.41 Å². The molecular weight excluding hydrogens is 248 g/mol. The largest absolute Gasteiger partial charge is 0.0574 e. The number of hydrogen-bond donors (Lipinski definition) is 0. The maximum atomic E-state index is 3.50. The lowest BCUT2D eigenvalue weighted by atomic mass is 9.44. The van der Waals surface area contributed by atoms with Crippen molar-refractivity contribution >= 4 is 15.9 Å². The second-order valence-corrected chi connectivity index (χ2v) is 6.69. The highest BCUT2D eigenvalue weighted by Crippen LogP contribution is 2.64. The average Bonchev–Trinajstić information content (AvgIpc) is 2.11. The molecule has 0 bridgehead atoms. The second kappa shape index (κ2) is 3.10. The maximum Gasteiger partial charge on any atom is 0.0175 e. The van der Waals surface area contributed by atoms with Gasteiger partial charge in [0.2, 0.25) is 0 Å². The van der Waals surface area contributed by atoms with Crippen molar-refractivity contribution in [3.63, 3.8) is 0 Å². The number of benzene rings is 1. The summed E-state index contributed by atoms with van der Waals surface area (Å²) in [7, 11) is 0. The summed E-state index contributed by atoms with van der Waals surface area (Å²) in [6, 6.07) is 8.92. The van der Waals surface area contributed by atoms with E-state index in [0.29, 0.717) is 5.41 Å². The fourth-order valence-electron chi connectivity index (χ4n) is 3.69. The Hall–Kier alpha value is -0.300. The van der Waals surface area contributed by atoms with Gasteiger partial charge in [0.25, 0.3) is 0 Å². The van der Waals surface area contributed by atoms with Gasteiger partial charge in [0, 0.05) is 4.47 Å². The van der Waals surface area contributed by atoms with Crippen molar-refractivity contribution in [2.45, 2.75) is 44.4 Å². The SMILES string of the molecule is CC1(c2ccc(Br)cc2)CC2(CCC2)C1. The molecule has 0 heterocycles. The van der Waals surface area contributed by atoms with Gasteiger partial charge in [-0.1, -0.05) is 41.4 Å². The molecule has 0 atom stereocenters. The molecule has 0 saturated heterocycles. The zero-order valence-electron chi connectivity index (χ0n) is 9.22. The van der Waals surface area contributed by atoms with Gasteiger partial charge in [-0.25, -0.2) is 0 Å². The lowest BCUT2D eigenvalue weighted by Gasteiger charge is -2.60. The predicted octanol–water partition coefficient (Wildman–Crippen LogP) is 4.67. The highest BCUT2D eigenvalue weighted by molar-refractivity contribution is 9.10. The summed E-state index contributed by atoms with van der Waals surface area (Å²) >= 11 is 3.50. The summed E-state index contributed by atoms with van der Waals surface area (Å²) in [5.41, 5.74) is 2.77. The van der Waals surface area contributed by atoms with E-state index in [1.54, 1.807) is 0 Å². The van der Waals surface area contributed by atoms with E-state index >= 15 is 0 Å². The monoisotopic (exact) mass is 264 g/mol. The Balaban J connectivity index is 1.80. The van der Waals surface area contributed by atoms with Gasteiger partial charge in [-0.3, -0.25) is 0 Å². The molecule has 2 saturated carbocycles. The third kappa shape index (κ3) is 1.47. The molecule has 0 aliphatic heterocycles. The molecule has 1 heteroatoms. The minimum absolute atomic E-state index is 0.473. The van der Waals surface area contributed by atoms with Crippen LogP contribution in [0.5, 0.6) is 0 Å². The van der Waals surface area contributed by atoms with Crippen molar-refractivity contribution in [1.29, 1.82) is 0 Å². The zero-order valence-corrected chi connectivity index (χ0v) is 10.8. The minimum Gasteiger partial charge on any atom is -0.0574 e. The van der Waals surface area contributed by atoms with Crippen molar-refractivity contribution in [2.24, 2.45) is 5.41 Å². The van der Waals surface area contributed by atoms with E-state index in [-0.39, 0.29) is 0 Å². The van der Waals surface area contributed by atoms with E-state index < -0.39 is 0 Å². The first kappa shape index (κ1) is 9.89. The van der Waals surface area contributed by atoms with E-state index in [1.165, 1.54) is 42.1 Å². The van der Waals surface area contributed by atoms with Crippen LogP contribution in [-0.4, -0.2) is 0 Å². The molecule has 15 heavy (non-hydrogen) atoms. The fraction of sp³-hybridized carbons (Fsp3) is 0.571. The molecule has 2 aliphatic carbocycles. The summed E-state index contributed by atoms with van der Waals surface area (Å²) in [6.07, 6.45) is 7.28. The molecule has 1 aromatic rings. The van der Waals surface area contributed by atoms with Crippen LogP contribution in [0.15, 0.2) is 28.7 Å². The predicted molar refractivity (Wildman–Crippen MR) is 67.0 cm³/mol. The zero-order chi connectivity index (χ0) is 10.5. The molecule has 3 rings (SSSR count). The average molecular weight is 265 g/mol. The fourth-order valence-corrected chi connectivity index (χ4v) is 3.95. The molecule has 0 N–H and O–H groups in total. The Kier molecular flexibility index (Phi) is 2.04. The summed E-state index contributed by atoms with van der Waals surface area (Å²) < 4.78 is 1.19. The quantitative estimate of drug-likeness (QED) is 0.692. The summed E-state index contributed by atoms with van der Waals surface area (Å²) in [4.78, 5) is 0. The molecule has 1 aromatic carbocycles. The lowest BCUT2D eigenvalue weighted by molar-refractivity contribution is -0.0401. The van der Waals surface area contributed by atoms with Crippen molar-refractivity contribution in [3.8, 4) is 0 Å². The van der Waals surface area contributed by atoms with Crippen molar-refractivity contribution in [2.75, 3.05) is 0 Å². The van der Waals surface area contributed by atoms with Crippen LogP contribution in [0, 0.1) is 5.41 Å². The van der Waals surface area contributed by atoms with Crippen LogP contribution in [0.2, 0.25) is 0 Å². The van der Waals surface area contributed by atoms with Gasteiger partial charge in [-0.05, 0) is 54.2 Å². The van der Waals surface area contributed by atoms with E-state index in [1.807, 2.05) is 0 Å². The van der Waals surface area contributed by atoms with Gasteiger partial charge in [0.1, 0.15) is 0 Å². The normalized spacial score (nSPS) is 25.7. The van der Waals surface area contributed by atoms with Crippen molar-refractivity contribution < 1.29 is 0 Å². The molecule has 0 radical (unpaired) electrons. The van der Waals surface area contributed by atoms with Crippen molar-refractivity contribution in [3.05, 3.63) is 34.3 Å². The standard InChI is InChI=1S/C14H17Br/c1-13(9-14(10-13)7-2-8-14)11-3-5-12(15)6-4-11/h3-6H,2,7-10H2,1H3. The molecule has 0 unspecified atom stereocenters. The van der Waals surface area contributed by atoms with Crippen LogP contribution in [0.1, 0.15) is 44.6 Å². The molecule has 0 aromatic heterocycles. The van der Waals surface area contributed by atoms with Crippen LogP contribution < -0.4 is 0 Å². The van der Waals surface area contributed by atoms with Crippen LogP contribution in [0.3, 0.4) is 0 Å². The molecule has 0 nitrogen and oxygen atoms in total. The van der Waals surface area contributed by atoms with E-state index in [2.05, 4.69) is 47.1 Å². The maximum absolute atomic E-state index is 3.50. The molecule has 0 amide bonds. The van der Waals surface area contributed by atoms with Crippen molar-refractivity contribution in [1.82, 2.24) is 0 Å². The van der Waals surface area contributed by atoms with Gasteiger partial charge in [0.15, 0.2) is 0 Å². The summed E-state index contributed by atoms with van der Waals surface area (Å²) in [6.45, 7) is 2.43. The lowest BCUT2D eigenvalue weighted by Crippen LogP contribution is -2.51. The highest BCUT2D eigenvalue weighted by atomic mass is 79.9. The number of rotatable bonds is 1. The summed E-state index contributed by atoms with van der Waals surface area (Å²) in [5.74, 6) is 0. The van der Waals surface area contributed by atoms with E-state index in [9.17, 15) is 0 Å². The van der Waals surface area contributed by atoms with Crippen LogP contribution in [-0.2, 0) is 5.41 Å². The van der Waals surface area contributed by atoms with Gasteiger partial charge < -0.3 is 0 Å². The number of hydrogen-bond acceptors (Lipinski definition) is 0. The third-order valence-corrected chi connectivity index (χ3v) is 5.01. The Morgan fingerprint density at radius 1 is 1.07 bits per heavy atom. The molecule has 1 spiro atoms. The first-order valence-corrected chi connectivity index (χ1v) is 6.67. The van der Waals surface area contributed by atoms with Crippen LogP contribution in [0.4, 0.5) is 0 Å². The number of halogens is 1. The van der Waals surface area contributed by atoms with Crippen LogP contribution in [0.25, 0.3) is 0 Å². The van der Waals surface area contributed by atoms with E-state index in [4.69, 9.17) is 0 Å². The first-order chi connectivity index (χ1) is 7.12. The Morgan fingerprint density at radius 3 is 2.13 bits per heavy atom. The van der Waals surface area contributed by atoms with Gasteiger partial charge in [-0.15, -0.1) is 0 Å². The molecular formula is C14H17Br.